The molecule has 0 atom stereocenters. The number of unbranched alkanes of at least 4 members (excludes halogenated alkanes) is 14. The molecule has 12 heteroatoms. The van der Waals surface area contributed by atoms with Crippen LogP contribution in [0.4, 0.5) is 9.59 Å². The van der Waals surface area contributed by atoms with Crippen molar-refractivity contribution in [2.45, 2.75) is 134 Å². The van der Waals surface area contributed by atoms with E-state index in [0.29, 0.717) is 24.4 Å². The normalized spacial score (nSPS) is 11.3. The standard InChI is InChI=1S/C32H54N4O7S/c1-4-6-8-10-12-14-16-18-20-39-31(37)41-22-27(23-42-32(38)40-21-19-17-15-13-11-9-7-5-2)43-26-36-25-35-28-29(36)33-24-34-30(28)44-3/h24-25,27H,4-23,26H2,1-3H3. The summed E-state index contributed by atoms with van der Waals surface area (Å²) >= 11 is 1.48. The molecule has 0 fully saturated rings. The number of imidazole rings is 1. The van der Waals surface area contributed by atoms with Crippen molar-refractivity contribution in [1.82, 2.24) is 19.5 Å². The lowest BCUT2D eigenvalue weighted by Crippen LogP contribution is -2.30. The zero-order valence-electron chi connectivity index (χ0n) is 27.1. The van der Waals surface area contributed by atoms with E-state index in [9.17, 15) is 9.59 Å². The average Bonchev–Trinajstić information content (AvgIpc) is 3.46. The fourth-order valence-corrected chi connectivity index (χ4v) is 5.11. The Labute approximate surface area is 267 Å². The van der Waals surface area contributed by atoms with Gasteiger partial charge in [0.25, 0.3) is 0 Å². The van der Waals surface area contributed by atoms with Gasteiger partial charge in [-0.15, -0.1) is 11.8 Å². The summed E-state index contributed by atoms with van der Waals surface area (Å²) in [6.45, 7) is 4.78. The van der Waals surface area contributed by atoms with E-state index in [0.717, 1.165) is 43.6 Å². The van der Waals surface area contributed by atoms with Gasteiger partial charge in [0.15, 0.2) is 5.65 Å². The van der Waals surface area contributed by atoms with Crippen molar-refractivity contribution in [3.05, 3.63) is 12.7 Å². The van der Waals surface area contributed by atoms with E-state index in [1.54, 1.807) is 10.9 Å². The molecule has 2 aromatic rings. The maximum atomic E-state index is 12.2. The van der Waals surface area contributed by atoms with Gasteiger partial charge in [-0.1, -0.05) is 104 Å². The number of nitrogens with zero attached hydrogens (tertiary/aromatic N) is 4. The van der Waals surface area contributed by atoms with Crippen molar-refractivity contribution in [2.75, 3.05) is 32.7 Å². The van der Waals surface area contributed by atoms with Gasteiger partial charge in [0.05, 0.1) is 19.5 Å². The van der Waals surface area contributed by atoms with Crippen LogP contribution in [0.5, 0.6) is 0 Å². The molecule has 2 aromatic heterocycles. The second kappa shape index (κ2) is 24.7. The van der Waals surface area contributed by atoms with Gasteiger partial charge in [0.1, 0.15) is 42.9 Å². The maximum absolute atomic E-state index is 12.2. The Kier molecular flexibility index (Phi) is 21.1. The summed E-state index contributed by atoms with van der Waals surface area (Å²) in [5, 5.41) is 0.760. The zero-order valence-corrected chi connectivity index (χ0v) is 28.0. The van der Waals surface area contributed by atoms with Crippen LogP contribution in [0.2, 0.25) is 0 Å². The van der Waals surface area contributed by atoms with Crippen LogP contribution in [-0.2, 0) is 30.4 Å². The highest BCUT2D eigenvalue weighted by Gasteiger charge is 2.18. The predicted octanol–water partition coefficient (Wildman–Crippen LogP) is 8.48. The number of aromatic nitrogens is 4. The fourth-order valence-electron chi connectivity index (χ4n) is 4.62. The molecule has 0 N–H and O–H groups in total. The zero-order chi connectivity index (χ0) is 31.7. The molecule has 0 aliphatic heterocycles. The molecule has 0 bridgehead atoms. The number of thioether (sulfide) groups is 1. The predicted molar refractivity (Wildman–Crippen MR) is 172 cm³/mol. The van der Waals surface area contributed by atoms with Crippen molar-refractivity contribution in [1.29, 1.82) is 0 Å². The van der Waals surface area contributed by atoms with Gasteiger partial charge in [-0.25, -0.2) is 24.5 Å². The summed E-state index contributed by atoms with van der Waals surface area (Å²) in [5.41, 5.74) is 1.28. The Bertz CT molecular complexity index is 1000. The van der Waals surface area contributed by atoms with Crippen LogP contribution < -0.4 is 0 Å². The number of hydrogen-bond acceptors (Lipinski definition) is 11. The summed E-state index contributed by atoms with van der Waals surface area (Å²) in [6, 6.07) is 0. The Morgan fingerprint density at radius 2 is 1.20 bits per heavy atom. The van der Waals surface area contributed by atoms with Crippen LogP contribution in [-0.4, -0.2) is 70.6 Å². The molecule has 0 amide bonds. The number of rotatable bonds is 26. The number of carbonyl (C=O) groups excluding carboxylic acids is 2. The number of fused-ring (bicyclic) bond motifs is 1. The summed E-state index contributed by atoms with van der Waals surface area (Å²) < 4.78 is 28.7. The van der Waals surface area contributed by atoms with Crippen LogP contribution in [0.15, 0.2) is 17.7 Å². The van der Waals surface area contributed by atoms with Gasteiger partial charge in [-0.3, -0.25) is 4.57 Å². The molecule has 0 saturated heterocycles. The molecule has 0 aliphatic rings. The van der Waals surface area contributed by atoms with E-state index in [-0.39, 0.29) is 19.9 Å². The molecular formula is C32H54N4O7S. The van der Waals surface area contributed by atoms with E-state index in [1.807, 2.05) is 6.26 Å². The van der Waals surface area contributed by atoms with E-state index in [4.69, 9.17) is 23.7 Å². The molecule has 0 aromatic carbocycles. The number of hydrogen-bond donors (Lipinski definition) is 0. The van der Waals surface area contributed by atoms with Crippen molar-refractivity contribution in [2.24, 2.45) is 0 Å². The molecule has 0 spiro atoms. The Balaban J connectivity index is 1.75. The fraction of sp³-hybridized carbons (Fsp3) is 0.781. The molecule has 0 radical (unpaired) electrons. The smallest absolute Gasteiger partial charge is 0.434 e. The first kappa shape index (κ1) is 37.6. The van der Waals surface area contributed by atoms with Crippen LogP contribution in [0, 0.1) is 0 Å². The van der Waals surface area contributed by atoms with Crippen LogP contribution in [0.1, 0.15) is 117 Å². The third-order valence-electron chi connectivity index (χ3n) is 7.22. The molecule has 2 heterocycles. The van der Waals surface area contributed by atoms with Crippen molar-refractivity contribution in [3.63, 3.8) is 0 Å². The molecule has 11 nitrogen and oxygen atoms in total. The second-order valence-electron chi connectivity index (χ2n) is 11.0. The lowest BCUT2D eigenvalue weighted by Gasteiger charge is -2.18. The summed E-state index contributed by atoms with van der Waals surface area (Å²) in [7, 11) is 0. The number of carbonyl (C=O) groups is 2. The van der Waals surface area contributed by atoms with E-state index < -0.39 is 18.4 Å². The first-order chi connectivity index (χ1) is 21.6. The van der Waals surface area contributed by atoms with E-state index >= 15 is 0 Å². The molecule has 0 saturated carbocycles. The summed E-state index contributed by atoms with van der Waals surface area (Å²) in [4.78, 5) is 37.3. The molecule has 250 valence electrons. The Morgan fingerprint density at radius 1 is 0.705 bits per heavy atom. The summed E-state index contributed by atoms with van der Waals surface area (Å²) in [6.07, 6.45) is 21.2. The van der Waals surface area contributed by atoms with Gasteiger partial charge in [-0.2, -0.15) is 0 Å². The van der Waals surface area contributed by atoms with Gasteiger partial charge >= 0.3 is 12.3 Å². The molecule has 0 aliphatic carbocycles. The third kappa shape index (κ3) is 16.5. The Hall–Kier alpha value is -2.60. The number of ether oxygens (including phenoxy) is 5. The first-order valence-corrected chi connectivity index (χ1v) is 17.7. The van der Waals surface area contributed by atoms with E-state index in [2.05, 4.69) is 28.8 Å². The largest absolute Gasteiger partial charge is 0.508 e. The van der Waals surface area contributed by atoms with Gasteiger partial charge in [0, 0.05) is 0 Å². The quantitative estimate of drug-likeness (QED) is 0.0426. The molecule has 2 rings (SSSR count). The topological polar surface area (TPSA) is 124 Å². The highest BCUT2D eigenvalue weighted by molar-refractivity contribution is 7.98. The minimum absolute atomic E-state index is 0.0549. The minimum atomic E-state index is -0.774. The minimum Gasteiger partial charge on any atom is -0.434 e. The van der Waals surface area contributed by atoms with Crippen molar-refractivity contribution < 1.29 is 33.3 Å². The second-order valence-corrected chi connectivity index (χ2v) is 11.8. The molecule has 0 unspecified atom stereocenters. The highest BCUT2D eigenvalue weighted by atomic mass is 32.2. The lowest BCUT2D eigenvalue weighted by atomic mass is 10.1. The SMILES string of the molecule is CCCCCCCCCCOC(=O)OCC(COC(=O)OCCCCCCCCCC)OCn1cnc2c(SC)ncnc21. The Morgan fingerprint density at radius 3 is 1.70 bits per heavy atom. The van der Waals surface area contributed by atoms with Gasteiger partial charge in [0.2, 0.25) is 0 Å². The summed E-state index contributed by atoms with van der Waals surface area (Å²) in [5.74, 6) is 0. The van der Waals surface area contributed by atoms with Crippen molar-refractivity contribution in [3.8, 4) is 0 Å². The van der Waals surface area contributed by atoms with Crippen LogP contribution >= 0.6 is 11.8 Å². The van der Waals surface area contributed by atoms with Gasteiger partial charge in [-0.05, 0) is 19.1 Å². The highest BCUT2D eigenvalue weighted by Crippen LogP contribution is 2.21. The van der Waals surface area contributed by atoms with Gasteiger partial charge < -0.3 is 23.7 Å². The molecule has 44 heavy (non-hydrogen) atoms. The maximum Gasteiger partial charge on any atom is 0.508 e. The van der Waals surface area contributed by atoms with Crippen LogP contribution in [0.3, 0.4) is 0 Å². The van der Waals surface area contributed by atoms with E-state index in [1.165, 1.54) is 82.3 Å². The molecular weight excluding hydrogens is 584 g/mol. The van der Waals surface area contributed by atoms with Crippen molar-refractivity contribution >= 4 is 35.2 Å². The lowest BCUT2D eigenvalue weighted by molar-refractivity contribution is -0.0712. The third-order valence-corrected chi connectivity index (χ3v) is 7.91. The monoisotopic (exact) mass is 638 g/mol. The van der Waals surface area contributed by atoms with Crippen LogP contribution in [0.25, 0.3) is 11.2 Å². The average molecular weight is 639 g/mol. The first-order valence-electron chi connectivity index (χ1n) is 16.5.